The summed E-state index contributed by atoms with van der Waals surface area (Å²) in [6.45, 7) is 0. The minimum Gasteiger partial charge on any atom is -0.476 e. The van der Waals surface area contributed by atoms with Crippen LogP contribution in [0.3, 0.4) is 0 Å². The van der Waals surface area contributed by atoms with Crippen molar-refractivity contribution in [2.24, 2.45) is 0 Å². The molecule has 0 unspecified atom stereocenters. The quantitative estimate of drug-likeness (QED) is 0.802. The first kappa shape index (κ1) is 12.2. The SMILES string of the molecule is Nc1ncc(-c2cc(Cl)ncc2F)nc1C(=O)O. The Bertz CT molecular complexity index is 635. The minimum atomic E-state index is -1.34. The third kappa shape index (κ3) is 2.21. The van der Waals surface area contributed by atoms with Crippen LogP contribution in [0.5, 0.6) is 0 Å². The van der Waals surface area contributed by atoms with Crippen molar-refractivity contribution < 1.29 is 14.3 Å². The van der Waals surface area contributed by atoms with Crippen molar-refractivity contribution in [3.63, 3.8) is 0 Å². The molecule has 0 bridgehead atoms. The van der Waals surface area contributed by atoms with Gasteiger partial charge >= 0.3 is 5.97 Å². The Morgan fingerprint density at radius 1 is 1.39 bits per heavy atom. The van der Waals surface area contributed by atoms with Crippen LogP contribution in [-0.4, -0.2) is 26.0 Å². The van der Waals surface area contributed by atoms with Crippen molar-refractivity contribution in [3.05, 3.63) is 35.1 Å². The fourth-order valence-electron chi connectivity index (χ4n) is 1.30. The van der Waals surface area contributed by atoms with Gasteiger partial charge in [0.2, 0.25) is 0 Å². The first-order valence-electron chi connectivity index (χ1n) is 4.66. The Morgan fingerprint density at radius 2 is 2.11 bits per heavy atom. The maximum atomic E-state index is 13.5. The van der Waals surface area contributed by atoms with Crippen LogP contribution in [0.15, 0.2) is 18.5 Å². The number of pyridine rings is 1. The molecule has 0 fully saturated rings. The van der Waals surface area contributed by atoms with E-state index < -0.39 is 17.5 Å². The molecule has 0 aliphatic carbocycles. The summed E-state index contributed by atoms with van der Waals surface area (Å²) in [5.41, 5.74) is 4.93. The Kier molecular flexibility index (Phi) is 3.07. The molecule has 0 spiro atoms. The van der Waals surface area contributed by atoms with Gasteiger partial charge in [-0.05, 0) is 6.07 Å². The predicted molar refractivity (Wildman–Crippen MR) is 61.6 cm³/mol. The van der Waals surface area contributed by atoms with Crippen LogP contribution in [0, 0.1) is 5.82 Å². The van der Waals surface area contributed by atoms with Crippen molar-refractivity contribution >= 4 is 23.4 Å². The predicted octanol–water partition coefficient (Wildman–Crippen LogP) is 1.61. The highest BCUT2D eigenvalue weighted by molar-refractivity contribution is 6.29. The van der Waals surface area contributed by atoms with Gasteiger partial charge in [0.05, 0.1) is 18.1 Å². The van der Waals surface area contributed by atoms with Crippen LogP contribution in [0.2, 0.25) is 5.15 Å². The average molecular weight is 269 g/mol. The van der Waals surface area contributed by atoms with E-state index in [0.717, 1.165) is 12.4 Å². The number of nitrogens with zero attached hydrogens (tertiary/aromatic N) is 3. The van der Waals surface area contributed by atoms with Gasteiger partial charge in [0.15, 0.2) is 17.3 Å². The lowest BCUT2D eigenvalue weighted by Gasteiger charge is -2.05. The van der Waals surface area contributed by atoms with Gasteiger partial charge in [-0.25, -0.2) is 24.1 Å². The third-order valence-corrected chi connectivity index (χ3v) is 2.31. The summed E-state index contributed by atoms with van der Waals surface area (Å²) < 4.78 is 13.5. The van der Waals surface area contributed by atoms with Gasteiger partial charge in [-0.1, -0.05) is 11.6 Å². The molecular weight excluding hydrogens is 263 g/mol. The average Bonchev–Trinajstić information content (AvgIpc) is 2.33. The standard InChI is InChI=1S/C10H6ClFN4O2/c11-7-1-4(5(12)2-14-7)6-3-15-9(13)8(16-6)10(17)18/h1-3H,(H2,13,15)(H,17,18). The zero-order chi connectivity index (χ0) is 13.3. The molecule has 0 saturated heterocycles. The molecule has 0 radical (unpaired) electrons. The van der Waals surface area contributed by atoms with Crippen LogP contribution < -0.4 is 5.73 Å². The van der Waals surface area contributed by atoms with Gasteiger partial charge < -0.3 is 10.8 Å². The first-order chi connectivity index (χ1) is 8.49. The second-order valence-corrected chi connectivity index (χ2v) is 3.67. The van der Waals surface area contributed by atoms with Crippen molar-refractivity contribution in [2.45, 2.75) is 0 Å². The van der Waals surface area contributed by atoms with Crippen molar-refractivity contribution in [3.8, 4) is 11.3 Å². The number of hydrogen-bond acceptors (Lipinski definition) is 5. The fourth-order valence-corrected chi connectivity index (χ4v) is 1.45. The van der Waals surface area contributed by atoms with Crippen LogP contribution in [0.4, 0.5) is 10.2 Å². The van der Waals surface area contributed by atoms with Gasteiger partial charge in [0.25, 0.3) is 0 Å². The summed E-state index contributed by atoms with van der Waals surface area (Å²) in [6, 6.07) is 1.22. The van der Waals surface area contributed by atoms with E-state index >= 15 is 0 Å². The van der Waals surface area contributed by atoms with Gasteiger partial charge in [-0.3, -0.25) is 0 Å². The number of nitrogens with two attached hydrogens (primary N) is 1. The Balaban J connectivity index is 2.61. The summed E-state index contributed by atoms with van der Waals surface area (Å²) in [5, 5.41) is 8.90. The highest BCUT2D eigenvalue weighted by Gasteiger charge is 2.15. The number of rotatable bonds is 2. The molecule has 0 amide bonds. The molecule has 92 valence electrons. The van der Waals surface area contributed by atoms with E-state index in [2.05, 4.69) is 15.0 Å². The lowest BCUT2D eigenvalue weighted by Crippen LogP contribution is -2.08. The molecule has 0 saturated carbocycles. The Labute approximate surface area is 105 Å². The van der Waals surface area contributed by atoms with E-state index in [1.165, 1.54) is 6.07 Å². The van der Waals surface area contributed by atoms with E-state index in [1.54, 1.807) is 0 Å². The molecule has 6 nitrogen and oxygen atoms in total. The fraction of sp³-hybridized carbons (Fsp3) is 0. The molecule has 0 atom stereocenters. The molecule has 0 aliphatic rings. The number of carboxylic acid groups (broad SMARTS) is 1. The molecular formula is C10H6ClFN4O2. The summed E-state index contributed by atoms with van der Waals surface area (Å²) in [6.07, 6.45) is 2.08. The number of hydrogen-bond donors (Lipinski definition) is 2. The van der Waals surface area contributed by atoms with Crippen LogP contribution in [0.25, 0.3) is 11.3 Å². The number of halogens is 2. The maximum absolute atomic E-state index is 13.5. The molecule has 8 heteroatoms. The maximum Gasteiger partial charge on any atom is 0.358 e. The van der Waals surface area contributed by atoms with Gasteiger partial charge in [-0.2, -0.15) is 0 Å². The molecule has 0 aliphatic heterocycles. The lowest BCUT2D eigenvalue weighted by atomic mass is 10.2. The second-order valence-electron chi connectivity index (χ2n) is 3.28. The van der Waals surface area contributed by atoms with E-state index in [1.807, 2.05) is 0 Å². The number of aromatic nitrogens is 3. The molecule has 0 aromatic carbocycles. The summed E-state index contributed by atoms with van der Waals surface area (Å²) in [4.78, 5) is 21.8. The Morgan fingerprint density at radius 3 is 2.78 bits per heavy atom. The highest BCUT2D eigenvalue weighted by atomic mass is 35.5. The zero-order valence-electron chi connectivity index (χ0n) is 8.76. The largest absolute Gasteiger partial charge is 0.476 e. The molecule has 2 rings (SSSR count). The summed E-state index contributed by atoms with van der Waals surface area (Å²) in [7, 11) is 0. The van der Waals surface area contributed by atoms with Gasteiger partial charge in [-0.15, -0.1) is 0 Å². The van der Waals surface area contributed by atoms with Gasteiger partial charge in [0.1, 0.15) is 5.15 Å². The Hall–Kier alpha value is -2.28. The van der Waals surface area contributed by atoms with Crippen LogP contribution in [0.1, 0.15) is 10.5 Å². The monoisotopic (exact) mass is 268 g/mol. The smallest absolute Gasteiger partial charge is 0.358 e. The van der Waals surface area contributed by atoms with E-state index in [0.29, 0.717) is 0 Å². The molecule has 3 N–H and O–H groups in total. The number of nitrogen functional groups attached to an aromatic ring is 1. The normalized spacial score (nSPS) is 10.3. The first-order valence-corrected chi connectivity index (χ1v) is 5.04. The van der Waals surface area contributed by atoms with Crippen molar-refractivity contribution in [2.75, 3.05) is 5.73 Å². The molecule has 2 aromatic heterocycles. The minimum absolute atomic E-state index is 0.00463. The van der Waals surface area contributed by atoms with E-state index in [4.69, 9.17) is 22.4 Å². The van der Waals surface area contributed by atoms with Gasteiger partial charge in [0, 0.05) is 5.56 Å². The van der Waals surface area contributed by atoms with Crippen molar-refractivity contribution in [1.29, 1.82) is 0 Å². The third-order valence-electron chi connectivity index (χ3n) is 2.10. The topological polar surface area (TPSA) is 102 Å². The number of carboxylic acids is 1. The van der Waals surface area contributed by atoms with E-state index in [9.17, 15) is 9.18 Å². The highest BCUT2D eigenvalue weighted by Crippen LogP contribution is 2.23. The number of anilines is 1. The molecule has 2 aromatic rings. The molecule has 18 heavy (non-hydrogen) atoms. The number of aromatic carboxylic acids is 1. The summed E-state index contributed by atoms with van der Waals surface area (Å²) in [5.74, 6) is -2.27. The zero-order valence-corrected chi connectivity index (χ0v) is 9.52. The number of carbonyl (C=O) groups is 1. The van der Waals surface area contributed by atoms with Crippen LogP contribution >= 0.6 is 11.6 Å². The van der Waals surface area contributed by atoms with Crippen LogP contribution in [-0.2, 0) is 0 Å². The summed E-state index contributed by atoms with van der Waals surface area (Å²) >= 11 is 5.63. The second kappa shape index (κ2) is 4.53. The lowest BCUT2D eigenvalue weighted by molar-refractivity contribution is 0.0691. The molecule has 2 heterocycles. The van der Waals surface area contributed by atoms with Crippen molar-refractivity contribution in [1.82, 2.24) is 15.0 Å². The van der Waals surface area contributed by atoms with E-state index in [-0.39, 0.29) is 22.2 Å².